The van der Waals surface area contributed by atoms with Crippen LogP contribution >= 0.6 is 0 Å². The van der Waals surface area contributed by atoms with Crippen molar-refractivity contribution < 1.29 is 18.3 Å². The molecule has 0 aromatic heterocycles. The fourth-order valence-corrected chi connectivity index (χ4v) is 2.75. The highest BCUT2D eigenvalue weighted by Crippen LogP contribution is 2.27. The number of aromatic hydroxyl groups is 1. The molecule has 0 amide bonds. The van der Waals surface area contributed by atoms with Crippen LogP contribution in [0.15, 0.2) is 47.4 Å². The number of phenolic OH excluding ortho intramolecular Hbond substituents is 1. The minimum Gasteiger partial charge on any atom is -0.507 e. The molecule has 110 valence electrons. The Morgan fingerprint density at radius 2 is 1.57 bits per heavy atom. The van der Waals surface area contributed by atoms with Crippen molar-refractivity contribution in [1.82, 2.24) is 4.31 Å². The minimum absolute atomic E-state index is 0.104. The van der Waals surface area contributed by atoms with Gasteiger partial charge in [0.1, 0.15) is 5.75 Å². The maximum atomic E-state index is 12.0. The van der Waals surface area contributed by atoms with E-state index in [0.717, 1.165) is 9.87 Å². The molecular formula is C15H15NO4S. The SMILES string of the molecule is CN(C)S(=O)(=O)c1ccc(-c2ccc(C=O)c(O)c2)cc1. The Bertz CT molecular complexity index is 765. The molecule has 0 spiro atoms. The number of hydrogen-bond acceptors (Lipinski definition) is 4. The van der Waals surface area contributed by atoms with E-state index in [-0.39, 0.29) is 16.2 Å². The summed E-state index contributed by atoms with van der Waals surface area (Å²) in [4.78, 5) is 10.9. The monoisotopic (exact) mass is 305 g/mol. The predicted octanol–water partition coefficient (Wildman–Crippen LogP) is 2.12. The van der Waals surface area contributed by atoms with Gasteiger partial charge in [-0.3, -0.25) is 4.79 Å². The summed E-state index contributed by atoms with van der Waals surface area (Å²) in [6, 6.07) is 11.0. The molecule has 0 heterocycles. The molecule has 1 N–H and O–H groups in total. The molecule has 2 aromatic rings. The minimum atomic E-state index is -3.46. The molecule has 0 aliphatic rings. The van der Waals surface area contributed by atoms with E-state index in [1.807, 2.05) is 0 Å². The van der Waals surface area contributed by atoms with E-state index in [9.17, 15) is 18.3 Å². The van der Waals surface area contributed by atoms with Crippen LogP contribution in [0.4, 0.5) is 0 Å². The average molecular weight is 305 g/mol. The summed E-state index contributed by atoms with van der Waals surface area (Å²) in [5.41, 5.74) is 1.66. The first kappa shape index (κ1) is 15.2. The number of benzene rings is 2. The highest BCUT2D eigenvalue weighted by atomic mass is 32.2. The first-order valence-corrected chi connectivity index (χ1v) is 7.61. The normalized spacial score (nSPS) is 11.6. The number of sulfonamides is 1. The topological polar surface area (TPSA) is 74.7 Å². The van der Waals surface area contributed by atoms with E-state index in [1.54, 1.807) is 18.2 Å². The number of rotatable bonds is 4. The number of aldehydes is 1. The molecule has 0 bridgehead atoms. The van der Waals surface area contributed by atoms with E-state index in [0.29, 0.717) is 11.8 Å². The number of nitrogens with zero attached hydrogens (tertiary/aromatic N) is 1. The smallest absolute Gasteiger partial charge is 0.242 e. The zero-order valence-corrected chi connectivity index (χ0v) is 12.5. The van der Waals surface area contributed by atoms with Crippen molar-refractivity contribution in [2.75, 3.05) is 14.1 Å². The molecule has 2 rings (SSSR count). The molecular weight excluding hydrogens is 290 g/mol. The Kier molecular flexibility index (Phi) is 4.11. The highest BCUT2D eigenvalue weighted by Gasteiger charge is 2.16. The molecule has 0 fully saturated rings. The summed E-state index contributed by atoms with van der Waals surface area (Å²) in [5, 5.41) is 9.68. The molecule has 21 heavy (non-hydrogen) atoms. The van der Waals surface area contributed by atoms with E-state index in [1.165, 1.54) is 38.4 Å². The number of carbonyl (C=O) groups is 1. The lowest BCUT2D eigenvalue weighted by Crippen LogP contribution is -2.22. The third-order valence-corrected chi connectivity index (χ3v) is 4.95. The van der Waals surface area contributed by atoms with Gasteiger partial charge in [0.25, 0.3) is 0 Å². The van der Waals surface area contributed by atoms with Gasteiger partial charge < -0.3 is 5.11 Å². The van der Waals surface area contributed by atoms with Gasteiger partial charge in [0.15, 0.2) is 6.29 Å². The van der Waals surface area contributed by atoms with E-state index < -0.39 is 10.0 Å². The van der Waals surface area contributed by atoms with Gasteiger partial charge in [-0.15, -0.1) is 0 Å². The van der Waals surface area contributed by atoms with Crippen LogP contribution in [0.2, 0.25) is 0 Å². The van der Waals surface area contributed by atoms with Crippen LogP contribution in [0.3, 0.4) is 0 Å². The van der Waals surface area contributed by atoms with Crippen LogP contribution < -0.4 is 0 Å². The molecule has 0 saturated carbocycles. The zero-order valence-electron chi connectivity index (χ0n) is 11.6. The largest absolute Gasteiger partial charge is 0.507 e. The van der Waals surface area contributed by atoms with Gasteiger partial charge in [-0.2, -0.15) is 0 Å². The number of carbonyl (C=O) groups excluding carboxylic acids is 1. The van der Waals surface area contributed by atoms with Gasteiger partial charge in [-0.1, -0.05) is 18.2 Å². The lowest BCUT2D eigenvalue weighted by atomic mass is 10.0. The summed E-state index contributed by atoms with van der Waals surface area (Å²) >= 11 is 0. The van der Waals surface area contributed by atoms with Gasteiger partial charge in [0.05, 0.1) is 10.5 Å². The van der Waals surface area contributed by atoms with Crippen LogP contribution in [-0.4, -0.2) is 38.2 Å². The van der Waals surface area contributed by atoms with Gasteiger partial charge >= 0.3 is 0 Å². The van der Waals surface area contributed by atoms with Gasteiger partial charge in [0, 0.05) is 14.1 Å². The lowest BCUT2D eigenvalue weighted by molar-refractivity contribution is 0.112. The second-order valence-electron chi connectivity index (χ2n) is 4.70. The van der Waals surface area contributed by atoms with Crippen LogP contribution in [0.5, 0.6) is 5.75 Å². The van der Waals surface area contributed by atoms with Crippen LogP contribution in [-0.2, 0) is 10.0 Å². The summed E-state index contributed by atoms with van der Waals surface area (Å²) in [7, 11) is -0.514. The fraction of sp³-hybridized carbons (Fsp3) is 0.133. The fourth-order valence-electron chi connectivity index (χ4n) is 1.85. The second kappa shape index (κ2) is 5.67. The van der Waals surface area contributed by atoms with Crippen molar-refractivity contribution in [3.63, 3.8) is 0 Å². The molecule has 5 nitrogen and oxygen atoms in total. The van der Waals surface area contributed by atoms with Crippen molar-refractivity contribution in [2.24, 2.45) is 0 Å². The average Bonchev–Trinajstić information content (AvgIpc) is 2.47. The van der Waals surface area contributed by atoms with Crippen molar-refractivity contribution >= 4 is 16.3 Å². The number of phenols is 1. The Morgan fingerprint density at radius 3 is 2.05 bits per heavy atom. The lowest BCUT2D eigenvalue weighted by Gasteiger charge is -2.12. The maximum Gasteiger partial charge on any atom is 0.242 e. The maximum absolute atomic E-state index is 12.0. The molecule has 2 aromatic carbocycles. The quantitative estimate of drug-likeness (QED) is 0.878. The summed E-state index contributed by atoms with van der Waals surface area (Å²) in [5.74, 6) is -0.104. The summed E-state index contributed by atoms with van der Waals surface area (Å²) < 4.78 is 25.1. The Labute approximate surface area is 123 Å². The van der Waals surface area contributed by atoms with Gasteiger partial charge in [-0.05, 0) is 35.4 Å². The van der Waals surface area contributed by atoms with Crippen LogP contribution in [0.25, 0.3) is 11.1 Å². The molecule has 0 radical (unpaired) electrons. The van der Waals surface area contributed by atoms with Crippen molar-refractivity contribution in [3.8, 4) is 16.9 Å². The molecule has 0 unspecified atom stereocenters. The van der Waals surface area contributed by atoms with Crippen LogP contribution in [0.1, 0.15) is 10.4 Å². The zero-order chi connectivity index (χ0) is 15.6. The Morgan fingerprint density at radius 1 is 1.00 bits per heavy atom. The second-order valence-corrected chi connectivity index (χ2v) is 6.86. The van der Waals surface area contributed by atoms with Crippen molar-refractivity contribution in [1.29, 1.82) is 0 Å². The van der Waals surface area contributed by atoms with E-state index in [4.69, 9.17) is 0 Å². The van der Waals surface area contributed by atoms with Gasteiger partial charge in [0.2, 0.25) is 10.0 Å². The molecule has 0 aliphatic carbocycles. The summed E-state index contributed by atoms with van der Waals surface area (Å²) in [6.07, 6.45) is 0.575. The van der Waals surface area contributed by atoms with E-state index in [2.05, 4.69) is 0 Å². The molecule has 0 aliphatic heterocycles. The van der Waals surface area contributed by atoms with Crippen molar-refractivity contribution in [3.05, 3.63) is 48.0 Å². The first-order chi connectivity index (χ1) is 9.86. The Balaban J connectivity index is 2.40. The van der Waals surface area contributed by atoms with Crippen molar-refractivity contribution in [2.45, 2.75) is 4.90 Å². The highest BCUT2D eigenvalue weighted by molar-refractivity contribution is 7.89. The van der Waals surface area contributed by atoms with Gasteiger partial charge in [-0.25, -0.2) is 12.7 Å². The number of hydrogen-bond donors (Lipinski definition) is 1. The Hall–Kier alpha value is -2.18. The third kappa shape index (κ3) is 2.96. The van der Waals surface area contributed by atoms with Crippen LogP contribution in [0, 0.1) is 0 Å². The molecule has 0 saturated heterocycles. The molecule has 0 atom stereocenters. The standard InChI is InChI=1S/C15H15NO4S/c1-16(2)21(19,20)14-7-5-11(6-8-14)12-3-4-13(10-17)15(18)9-12/h3-10,18H,1-2H3. The third-order valence-electron chi connectivity index (χ3n) is 3.12. The first-order valence-electron chi connectivity index (χ1n) is 6.17. The molecule has 6 heteroatoms. The van der Waals surface area contributed by atoms with E-state index >= 15 is 0 Å². The predicted molar refractivity (Wildman–Crippen MR) is 79.8 cm³/mol. The summed E-state index contributed by atoms with van der Waals surface area (Å²) in [6.45, 7) is 0.